The molecule has 0 N–H and O–H groups in total. The Morgan fingerprint density at radius 3 is 2.54 bits per heavy atom. The van der Waals surface area contributed by atoms with Gasteiger partial charge in [-0.25, -0.2) is 0 Å². The monoisotopic (exact) mass is 185 g/mol. The van der Waals surface area contributed by atoms with Gasteiger partial charge >= 0.3 is 5.97 Å². The number of rotatable bonds is 3. The molecule has 1 fully saturated rings. The Kier molecular flexibility index (Phi) is 3.28. The molecule has 0 radical (unpaired) electrons. The Hall–Kier alpha value is -1.06. The lowest BCUT2D eigenvalue weighted by atomic mass is 9.96. The summed E-state index contributed by atoms with van der Waals surface area (Å²) in [6.45, 7) is 5.17. The Morgan fingerprint density at radius 1 is 1.46 bits per heavy atom. The number of ether oxygens (including phenoxy) is 1. The van der Waals surface area contributed by atoms with Crippen molar-refractivity contribution in [1.82, 2.24) is 4.90 Å². The zero-order valence-corrected chi connectivity index (χ0v) is 8.08. The van der Waals surface area contributed by atoms with E-state index in [1.54, 1.807) is 18.7 Å². The van der Waals surface area contributed by atoms with Gasteiger partial charge in [0.25, 0.3) is 0 Å². The smallest absolute Gasteiger partial charge is 0.306 e. The third-order valence-corrected chi connectivity index (χ3v) is 2.16. The molecule has 74 valence electrons. The molecule has 0 aromatic heterocycles. The van der Waals surface area contributed by atoms with Crippen LogP contribution in [0.2, 0.25) is 0 Å². The van der Waals surface area contributed by atoms with Gasteiger partial charge in [0, 0.05) is 25.9 Å². The second kappa shape index (κ2) is 4.25. The van der Waals surface area contributed by atoms with Crippen LogP contribution in [0, 0.1) is 5.92 Å². The van der Waals surface area contributed by atoms with Gasteiger partial charge in [0.2, 0.25) is 5.91 Å². The third kappa shape index (κ3) is 2.72. The van der Waals surface area contributed by atoms with Crippen LogP contribution in [0.1, 0.15) is 20.3 Å². The Balaban J connectivity index is 2.14. The second-order valence-electron chi connectivity index (χ2n) is 3.30. The summed E-state index contributed by atoms with van der Waals surface area (Å²) in [7, 11) is 0. The maximum Gasteiger partial charge on any atom is 0.306 e. The van der Waals surface area contributed by atoms with Gasteiger partial charge in [-0.1, -0.05) is 0 Å². The molecule has 0 bridgehead atoms. The van der Waals surface area contributed by atoms with E-state index < -0.39 is 0 Å². The highest BCUT2D eigenvalue weighted by Crippen LogP contribution is 2.19. The topological polar surface area (TPSA) is 46.6 Å². The van der Waals surface area contributed by atoms with Crippen molar-refractivity contribution in [3.05, 3.63) is 0 Å². The minimum Gasteiger partial charge on any atom is -0.466 e. The van der Waals surface area contributed by atoms with Crippen LogP contribution < -0.4 is 0 Å². The molecular formula is C9H15NO3. The average Bonchev–Trinajstić information content (AvgIpc) is 1.95. The average molecular weight is 185 g/mol. The molecule has 0 spiro atoms. The quantitative estimate of drug-likeness (QED) is 0.598. The molecule has 0 unspecified atom stereocenters. The van der Waals surface area contributed by atoms with Gasteiger partial charge in [0.05, 0.1) is 13.0 Å². The molecule has 1 aliphatic heterocycles. The van der Waals surface area contributed by atoms with E-state index in [4.69, 9.17) is 4.74 Å². The van der Waals surface area contributed by atoms with Crippen molar-refractivity contribution >= 4 is 11.9 Å². The fourth-order valence-electron chi connectivity index (χ4n) is 1.41. The molecule has 0 aromatic rings. The summed E-state index contributed by atoms with van der Waals surface area (Å²) in [4.78, 5) is 23.5. The minimum absolute atomic E-state index is 0.0834. The van der Waals surface area contributed by atoms with Gasteiger partial charge in [-0.05, 0) is 6.92 Å². The number of amides is 1. The Morgan fingerprint density at radius 2 is 2.08 bits per heavy atom. The van der Waals surface area contributed by atoms with Crippen molar-refractivity contribution < 1.29 is 14.3 Å². The number of hydrogen-bond donors (Lipinski definition) is 0. The van der Waals surface area contributed by atoms with E-state index in [9.17, 15) is 9.59 Å². The summed E-state index contributed by atoms with van der Waals surface area (Å²) < 4.78 is 4.80. The van der Waals surface area contributed by atoms with Crippen LogP contribution in [0.15, 0.2) is 0 Å². The summed E-state index contributed by atoms with van der Waals surface area (Å²) in [6, 6.07) is 0. The van der Waals surface area contributed by atoms with E-state index >= 15 is 0 Å². The first-order valence-electron chi connectivity index (χ1n) is 4.54. The summed E-state index contributed by atoms with van der Waals surface area (Å²) in [5, 5.41) is 0. The number of nitrogens with zero attached hydrogens (tertiary/aromatic N) is 1. The van der Waals surface area contributed by atoms with Crippen molar-refractivity contribution in [2.24, 2.45) is 5.92 Å². The van der Waals surface area contributed by atoms with Crippen LogP contribution in [-0.2, 0) is 14.3 Å². The lowest BCUT2D eigenvalue weighted by molar-refractivity contribution is -0.148. The molecular weight excluding hydrogens is 170 g/mol. The molecule has 1 rings (SSSR count). The second-order valence-corrected chi connectivity index (χ2v) is 3.30. The van der Waals surface area contributed by atoms with E-state index in [-0.39, 0.29) is 11.9 Å². The third-order valence-electron chi connectivity index (χ3n) is 2.16. The molecule has 1 saturated heterocycles. The number of hydrogen-bond acceptors (Lipinski definition) is 3. The van der Waals surface area contributed by atoms with E-state index in [0.717, 1.165) is 0 Å². The van der Waals surface area contributed by atoms with Gasteiger partial charge < -0.3 is 9.64 Å². The Labute approximate surface area is 77.8 Å². The normalized spacial score (nSPS) is 16.6. The van der Waals surface area contributed by atoms with E-state index in [2.05, 4.69) is 0 Å². The van der Waals surface area contributed by atoms with Gasteiger partial charge in [-0.2, -0.15) is 0 Å². The zero-order chi connectivity index (χ0) is 9.84. The van der Waals surface area contributed by atoms with Crippen LogP contribution in [0.3, 0.4) is 0 Å². The van der Waals surface area contributed by atoms with Crippen LogP contribution in [0.5, 0.6) is 0 Å². The lowest BCUT2D eigenvalue weighted by Crippen LogP contribution is -2.49. The predicted molar refractivity (Wildman–Crippen MR) is 47.0 cm³/mol. The fraction of sp³-hybridized carbons (Fsp3) is 0.778. The number of esters is 1. The molecule has 1 amide bonds. The maximum atomic E-state index is 11.0. The minimum atomic E-state index is -0.157. The first kappa shape index (κ1) is 10.0. The van der Waals surface area contributed by atoms with Crippen LogP contribution >= 0.6 is 0 Å². The highest BCUT2D eigenvalue weighted by atomic mass is 16.5. The van der Waals surface area contributed by atoms with Crippen molar-refractivity contribution in [1.29, 1.82) is 0 Å². The molecule has 0 saturated carbocycles. The maximum absolute atomic E-state index is 11.0. The lowest BCUT2D eigenvalue weighted by Gasteiger charge is -2.38. The summed E-state index contributed by atoms with van der Waals surface area (Å²) in [5.41, 5.74) is 0. The molecule has 13 heavy (non-hydrogen) atoms. The van der Waals surface area contributed by atoms with E-state index in [1.165, 1.54) is 0 Å². The molecule has 1 aliphatic rings. The zero-order valence-electron chi connectivity index (χ0n) is 8.08. The van der Waals surface area contributed by atoms with Crippen LogP contribution in [0.25, 0.3) is 0 Å². The highest BCUT2D eigenvalue weighted by molar-refractivity contribution is 5.75. The van der Waals surface area contributed by atoms with Gasteiger partial charge in [0.15, 0.2) is 0 Å². The summed E-state index contributed by atoms with van der Waals surface area (Å²) in [5.74, 6) is 0.235. The molecule has 4 heteroatoms. The standard InChI is InChI=1S/C9H15NO3/c1-3-13-9(12)4-8-5-10(6-8)7(2)11/h8H,3-6H2,1-2H3. The van der Waals surface area contributed by atoms with Crippen LogP contribution in [-0.4, -0.2) is 36.5 Å². The van der Waals surface area contributed by atoms with Crippen molar-refractivity contribution in [2.75, 3.05) is 19.7 Å². The molecule has 0 aromatic carbocycles. The van der Waals surface area contributed by atoms with Crippen LogP contribution in [0.4, 0.5) is 0 Å². The van der Waals surface area contributed by atoms with E-state index in [1.807, 2.05) is 0 Å². The molecule has 1 heterocycles. The van der Waals surface area contributed by atoms with Gasteiger partial charge in [0.1, 0.15) is 0 Å². The molecule has 0 aliphatic carbocycles. The summed E-state index contributed by atoms with van der Waals surface area (Å²) >= 11 is 0. The SMILES string of the molecule is CCOC(=O)CC1CN(C(C)=O)C1. The van der Waals surface area contributed by atoms with Gasteiger partial charge in [-0.15, -0.1) is 0 Å². The van der Waals surface area contributed by atoms with Crippen molar-refractivity contribution in [3.63, 3.8) is 0 Å². The van der Waals surface area contributed by atoms with Crippen molar-refractivity contribution in [3.8, 4) is 0 Å². The molecule has 0 atom stereocenters. The Bertz CT molecular complexity index is 209. The predicted octanol–water partition coefficient (Wildman–Crippen LogP) is 0.418. The number of carbonyl (C=O) groups excluding carboxylic acids is 2. The summed E-state index contributed by atoms with van der Waals surface area (Å²) in [6.07, 6.45) is 0.442. The highest BCUT2D eigenvalue weighted by Gasteiger charge is 2.30. The number of carbonyl (C=O) groups is 2. The first-order valence-corrected chi connectivity index (χ1v) is 4.54. The van der Waals surface area contributed by atoms with Gasteiger partial charge in [-0.3, -0.25) is 9.59 Å². The fourth-order valence-corrected chi connectivity index (χ4v) is 1.41. The van der Waals surface area contributed by atoms with E-state index in [0.29, 0.717) is 32.0 Å². The first-order chi connectivity index (χ1) is 6.13. The largest absolute Gasteiger partial charge is 0.466 e. The van der Waals surface area contributed by atoms with Crippen molar-refractivity contribution in [2.45, 2.75) is 20.3 Å². The number of likely N-dealkylation sites (tertiary alicyclic amines) is 1. The molecule has 4 nitrogen and oxygen atoms in total.